The molecule has 4 rings (SSSR count). The fraction of sp³-hybridized carbons (Fsp3) is 0.280. The lowest BCUT2D eigenvalue weighted by atomic mass is 10.1. The van der Waals surface area contributed by atoms with Crippen molar-refractivity contribution < 1.29 is 17.9 Å². The lowest BCUT2D eigenvalue weighted by Gasteiger charge is -2.12. The SMILES string of the molecule is CCS(=O)(=O)c1ccc(-c2c(C)nc3ccc(-c4ccc(OCCCN)c(OC)c4)nn23)cc1. The van der Waals surface area contributed by atoms with Crippen LogP contribution in [-0.2, 0) is 9.84 Å². The zero-order valence-corrected chi connectivity index (χ0v) is 20.3. The van der Waals surface area contributed by atoms with E-state index in [1.54, 1.807) is 42.8 Å². The number of ether oxygens (including phenoxy) is 2. The van der Waals surface area contributed by atoms with E-state index in [1.807, 2.05) is 37.3 Å². The third-order valence-corrected chi connectivity index (χ3v) is 7.33. The molecule has 9 heteroatoms. The van der Waals surface area contributed by atoms with Crippen molar-refractivity contribution in [2.45, 2.75) is 25.2 Å². The normalized spacial score (nSPS) is 11.6. The van der Waals surface area contributed by atoms with E-state index in [4.69, 9.17) is 20.3 Å². The van der Waals surface area contributed by atoms with Crippen molar-refractivity contribution in [3.8, 4) is 34.0 Å². The molecule has 2 aromatic carbocycles. The summed E-state index contributed by atoms with van der Waals surface area (Å²) in [4.78, 5) is 4.93. The Morgan fingerprint density at radius 2 is 1.74 bits per heavy atom. The lowest BCUT2D eigenvalue weighted by Crippen LogP contribution is -2.06. The van der Waals surface area contributed by atoms with Gasteiger partial charge in [-0.2, -0.15) is 5.10 Å². The number of aromatic nitrogens is 3. The van der Waals surface area contributed by atoms with Gasteiger partial charge in [0.1, 0.15) is 0 Å². The summed E-state index contributed by atoms with van der Waals surface area (Å²) in [6, 6.07) is 16.4. The third-order valence-electron chi connectivity index (χ3n) is 5.58. The first kappa shape index (κ1) is 23.7. The van der Waals surface area contributed by atoms with E-state index in [1.165, 1.54) is 0 Å². The average molecular weight is 481 g/mol. The molecular weight excluding hydrogens is 452 g/mol. The molecule has 8 nitrogen and oxygen atoms in total. The molecule has 2 heterocycles. The van der Waals surface area contributed by atoms with Gasteiger partial charge < -0.3 is 15.2 Å². The van der Waals surface area contributed by atoms with Crippen molar-refractivity contribution >= 4 is 15.5 Å². The Kier molecular flexibility index (Phi) is 6.85. The zero-order valence-electron chi connectivity index (χ0n) is 19.5. The number of nitrogens with zero attached hydrogens (tertiary/aromatic N) is 3. The molecule has 4 aromatic rings. The van der Waals surface area contributed by atoms with Gasteiger partial charge in [-0.15, -0.1) is 0 Å². The molecule has 2 aromatic heterocycles. The van der Waals surface area contributed by atoms with Crippen LogP contribution in [0.15, 0.2) is 59.5 Å². The Morgan fingerprint density at radius 1 is 1.00 bits per heavy atom. The first-order valence-corrected chi connectivity index (χ1v) is 12.7. The van der Waals surface area contributed by atoms with Crippen LogP contribution in [0.3, 0.4) is 0 Å². The number of nitrogens with two attached hydrogens (primary N) is 1. The average Bonchev–Trinajstić information content (AvgIpc) is 3.19. The predicted molar refractivity (Wildman–Crippen MR) is 132 cm³/mol. The monoisotopic (exact) mass is 480 g/mol. The van der Waals surface area contributed by atoms with Gasteiger partial charge in [-0.3, -0.25) is 0 Å². The molecule has 0 aliphatic rings. The van der Waals surface area contributed by atoms with Gasteiger partial charge in [0.25, 0.3) is 0 Å². The molecule has 0 radical (unpaired) electrons. The van der Waals surface area contributed by atoms with Crippen molar-refractivity contribution in [1.82, 2.24) is 14.6 Å². The Balaban J connectivity index is 1.73. The van der Waals surface area contributed by atoms with Crippen LogP contribution in [0.25, 0.3) is 28.2 Å². The number of methoxy groups -OCH3 is 1. The van der Waals surface area contributed by atoms with Gasteiger partial charge >= 0.3 is 0 Å². The van der Waals surface area contributed by atoms with Crippen molar-refractivity contribution in [2.24, 2.45) is 5.73 Å². The smallest absolute Gasteiger partial charge is 0.178 e. The summed E-state index contributed by atoms with van der Waals surface area (Å²) < 4.78 is 37.4. The van der Waals surface area contributed by atoms with Crippen LogP contribution in [0.2, 0.25) is 0 Å². The van der Waals surface area contributed by atoms with Crippen molar-refractivity contribution in [1.29, 1.82) is 0 Å². The summed E-state index contributed by atoms with van der Waals surface area (Å²) in [5, 5.41) is 4.83. The van der Waals surface area contributed by atoms with Crippen molar-refractivity contribution in [2.75, 3.05) is 26.0 Å². The van der Waals surface area contributed by atoms with Crippen molar-refractivity contribution in [3.63, 3.8) is 0 Å². The largest absolute Gasteiger partial charge is 0.493 e. The molecule has 2 N–H and O–H groups in total. The molecule has 0 atom stereocenters. The molecule has 0 unspecified atom stereocenters. The van der Waals surface area contributed by atoms with Crippen LogP contribution in [-0.4, -0.2) is 49.0 Å². The maximum absolute atomic E-state index is 12.2. The molecule has 0 bridgehead atoms. The molecule has 178 valence electrons. The maximum atomic E-state index is 12.2. The fourth-order valence-corrected chi connectivity index (χ4v) is 4.61. The molecule has 0 aliphatic heterocycles. The van der Waals surface area contributed by atoms with E-state index in [9.17, 15) is 8.42 Å². The zero-order chi connectivity index (χ0) is 24.3. The van der Waals surface area contributed by atoms with Gasteiger partial charge in [-0.05, 0) is 62.4 Å². The van der Waals surface area contributed by atoms with Crippen LogP contribution in [0.1, 0.15) is 19.0 Å². The topological polar surface area (TPSA) is 109 Å². The number of fused-ring (bicyclic) bond motifs is 1. The number of hydrogen-bond donors (Lipinski definition) is 1. The van der Waals surface area contributed by atoms with Gasteiger partial charge in [-0.1, -0.05) is 19.1 Å². The highest BCUT2D eigenvalue weighted by molar-refractivity contribution is 7.91. The predicted octanol–water partition coefficient (Wildman–Crippen LogP) is 3.90. The van der Waals surface area contributed by atoms with Crippen LogP contribution in [0, 0.1) is 6.92 Å². The molecule has 0 amide bonds. The van der Waals surface area contributed by atoms with Crippen LogP contribution in [0.5, 0.6) is 11.5 Å². The van der Waals surface area contributed by atoms with E-state index >= 15 is 0 Å². The highest BCUT2D eigenvalue weighted by atomic mass is 32.2. The standard InChI is InChI=1S/C25H28N4O4S/c1-4-34(30,31)20-9-6-18(7-10-20)25-17(2)27-24-13-11-21(28-29(24)25)19-8-12-22(23(16-19)32-3)33-15-5-14-26/h6-13,16H,4-5,14-15,26H2,1-3H3. The quantitative estimate of drug-likeness (QED) is 0.362. The minimum Gasteiger partial charge on any atom is -0.493 e. The Morgan fingerprint density at radius 3 is 2.41 bits per heavy atom. The second kappa shape index (κ2) is 9.82. The molecule has 34 heavy (non-hydrogen) atoms. The minimum absolute atomic E-state index is 0.0617. The molecule has 0 spiro atoms. The molecule has 0 saturated heterocycles. The highest BCUT2D eigenvalue weighted by Crippen LogP contribution is 2.33. The second-order valence-corrected chi connectivity index (χ2v) is 10.1. The van der Waals surface area contributed by atoms with E-state index in [-0.39, 0.29) is 5.75 Å². The van der Waals surface area contributed by atoms with Crippen LogP contribution < -0.4 is 15.2 Å². The summed E-state index contributed by atoms with van der Waals surface area (Å²) in [5.41, 5.74) is 10.3. The highest BCUT2D eigenvalue weighted by Gasteiger charge is 2.16. The lowest BCUT2D eigenvalue weighted by molar-refractivity contribution is 0.291. The Bertz CT molecular complexity index is 1410. The summed E-state index contributed by atoms with van der Waals surface area (Å²) >= 11 is 0. The summed E-state index contributed by atoms with van der Waals surface area (Å²) in [6.07, 6.45) is 0.761. The summed E-state index contributed by atoms with van der Waals surface area (Å²) in [6.45, 7) is 4.63. The first-order valence-electron chi connectivity index (χ1n) is 11.1. The third kappa shape index (κ3) is 4.62. The van der Waals surface area contributed by atoms with Crippen molar-refractivity contribution in [3.05, 3.63) is 60.3 Å². The van der Waals surface area contributed by atoms with Gasteiger partial charge in [0.2, 0.25) is 0 Å². The number of sulfone groups is 1. The fourth-order valence-electron chi connectivity index (χ4n) is 3.73. The number of imidazole rings is 1. The summed E-state index contributed by atoms with van der Waals surface area (Å²) in [5.74, 6) is 1.33. The van der Waals surface area contributed by atoms with Gasteiger partial charge in [0, 0.05) is 11.1 Å². The van der Waals surface area contributed by atoms with E-state index < -0.39 is 9.84 Å². The van der Waals surface area contributed by atoms with E-state index in [0.29, 0.717) is 35.2 Å². The number of hydrogen-bond acceptors (Lipinski definition) is 7. The van der Waals surface area contributed by atoms with Crippen LogP contribution in [0.4, 0.5) is 0 Å². The van der Waals surface area contributed by atoms with E-state index in [2.05, 4.69) is 4.98 Å². The molecule has 0 fully saturated rings. The van der Waals surface area contributed by atoms with Gasteiger partial charge in [-0.25, -0.2) is 17.9 Å². The van der Waals surface area contributed by atoms with Gasteiger partial charge in [0.15, 0.2) is 27.0 Å². The number of rotatable bonds is 9. The summed E-state index contributed by atoms with van der Waals surface area (Å²) in [7, 11) is -1.66. The molecule has 0 aliphatic carbocycles. The van der Waals surface area contributed by atoms with Crippen LogP contribution >= 0.6 is 0 Å². The second-order valence-electron chi connectivity index (χ2n) is 7.82. The number of benzene rings is 2. The minimum atomic E-state index is -3.26. The maximum Gasteiger partial charge on any atom is 0.178 e. The molecule has 0 saturated carbocycles. The Hall–Kier alpha value is -3.43. The number of aryl methyl sites for hydroxylation is 1. The Labute approximate surface area is 199 Å². The molecular formula is C25H28N4O4S. The first-order chi connectivity index (χ1) is 16.4. The van der Waals surface area contributed by atoms with Gasteiger partial charge in [0.05, 0.1) is 41.4 Å². The van der Waals surface area contributed by atoms with E-state index in [0.717, 1.165) is 34.6 Å².